The number of halogens is 1. The van der Waals surface area contributed by atoms with Gasteiger partial charge in [-0.2, -0.15) is 0 Å². The molecule has 0 aliphatic heterocycles. The highest BCUT2D eigenvalue weighted by atomic mass is 19.1. The third-order valence-corrected chi connectivity index (χ3v) is 4.19. The van der Waals surface area contributed by atoms with Gasteiger partial charge in [0, 0.05) is 5.56 Å². The summed E-state index contributed by atoms with van der Waals surface area (Å²) in [5.41, 5.74) is 4.55. The van der Waals surface area contributed by atoms with E-state index < -0.39 is 0 Å². The fraction of sp³-hybridized carbons (Fsp3) is 0.333. The van der Waals surface area contributed by atoms with Crippen LogP contribution in [0.1, 0.15) is 38.8 Å². The Morgan fingerprint density at radius 1 is 1.09 bits per heavy atom. The zero-order valence-electron chi connectivity index (χ0n) is 14.7. The molecule has 1 nitrogen and oxygen atoms in total. The molecule has 2 rings (SSSR count). The summed E-state index contributed by atoms with van der Waals surface area (Å²) in [7, 11) is 1.59. The number of ether oxygens (including phenoxy) is 1. The first-order chi connectivity index (χ1) is 10.8. The third kappa shape index (κ3) is 3.64. The second-order valence-corrected chi connectivity index (χ2v) is 6.81. The maximum Gasteiger partial charge on any atom is 0.131 e. The number of benzene rings is 2. The first kappa shape index (κ1) is 17.3. The first-order valence-corrected chi connectivity index (χ1v) is 7.94. The summed E-state index contributed by atoms with van der Waals surface area (Å²) < 4.78 is 19.7. The topological polar surface area (TPSA) is 9.23 Å². The van der Waals surface area contributed by atoms with Crippen molar-refractivity contribution in [2.24, 2.45) is 5.41 Å². The molecule has 2 heteroatoms. The van der Waals surface area contributed by atoms with Crippen molar-refractivity contribution in [3.63, 3.8) is 0 Å². The minimum Gasteiger partial charge on any atom is -0.497 e. The SMILES string of the molecule is C=C(c1cc(CC)ccc1-c1cc(OC)ccc1F)C(C)(C)C. The minimum absolute atomic E-state index is 0.0868. The van der Waals surface area contributed by atoms with Crippen molar-refractivity contribution in [2.45, 2.75) is 34.1 Å². The van der Waals surface area contributed by atoms with E-state index in [2.05, 4.69) is 40.3 Å². The molecule has 0 aliphatic rings. The summed E-state index contributed by atoms with van der Waals surface area (Å²) in [4.78, 5) is 0. The molecule has 2 aromatic carbocycles. The summed E-state index contributed by atoms with van der Waals surface area (Å²) >= 11 is 0. The van der Waals surface area contributed by atoms with E-state index in [0.29, 0.717) is 11.3 Å². The Bertz CT molecular complexity index is 723. The van der Waals surface area contributed by atoms with Gasteiger partial charge >= 0.3 is 0 Å². The van der Waals surface area contributed by atoms with Gasteiger partial charge in [0.2, 0.25) is 0 Å². The van der Waals surface area contributed by atoms with Gasteiger partial charge in [-0.15, -0.1) is 0 Å². The summed E-state index contributed by atoms with van der Waals surface area (Å²) in [6, 6.07) is 11.0. The molecule has 0 fully saturated rings. The normalized spacial score (nSPS) is 11.4. The molecule has 122 valence electrons. The lowest BCUT2D eigenvalue weighted by atomic mass is 9.80. The van der Waals surface area contributed by atoms with Crippen LogP contribution in [-0.4, -0.2) is 7.11 Å². The molecule has 0 unspecified atom stereocenters. The molecule has 0 heterocycles. The second kappa shape index (κ2) is 6.57. The Hall–Kier alpha value is -2.09. The highest BCUT2D eigenvalue weighted by Gasteiger charge is 2.21. The van der Waals surface area contributed by atoms with Crippen molar-refractivity contribution in [3.05, 3.63) is 59.9 Å². The fourth-order valence-electron chi connectivity index (χ4n) is 2.54. The van der Waals surface area contributed by atoms with E-state index in [1.54, 1.807) is 19.2 Å². The van der Waals surface area contributed by atoms with E-state index in [0.717, 1.165) is 23.1 Å². The van der Waals surface area contributed by atoms with Gasteiger partial charge in [-0.25, -0.2) is 4.39 Å². The van der Waals surface area contributed by atoms with Crippen LogP contribution in [0.5, 0.6) is 5.75 Å². The van der Waals surface area contributed by atoms with Gasteiger partial charge in [-0.3, -0.25) is 0 Å². The first-order valence-electron chi connectivity index (χ1n) is 7.94. The zero-order chi connectivity index (χ0) is 17.2. The summed E-state index contributed by atoms with van der Waals surface area (Å²) in [5, 5.41) is 0. The third-order valence-electron chi connectivity index (χ3n) is 4.19. The molecule has 0 amide bonds. The van der Waals surface area contributed by atoms with Crippen LogP contribution in [0.3, 0.4) is 0 Å². The number of rotatable bonds is 4. The van der Waals surface area contributed by atoms with Crippen LogP contribution in [-0.2, 0) is 6.42 Å². The lowest BCUT2D eigenvalue weighted by molar-refractivity contribution is 0.414. The van der Waals surface area contributed by atoms with Crippen LogP contribution < -0.4 is 4.74 Å². The van der Waals surface area contributed by atoms with Crippen LogP contribution in [0.2, 0.25) is 0 Å². The Kier molecular flexibility index (Phi) is 4.93. The minimum atomic E-state index is -0.252. The lowest BCUT2D eigenvalue weighted by Crippen LogP contribution is -2.09. The zero-order valence-corrected chi connectivity index (χ0v) is 14.7. The maximum absolute atomic E-state index is 14.4. The molecule has 0 radical (unpaired) electrons. The van der Waals surface area contributed by atoms with Gasteiger partial charge in [0.25, 0.3) is 0 Å². The number of aryl methyl sites for hydroxylation is 1. The van der Waals surface area contributed by atoms with Gasteiger partial charge in [-0.05, 0) is 52.3 Å². The molecule has 0 saturated heterocycles. The fourth-order valence-corrected chi connectivity index (χ4v) is 2.54. The van der Waals surface area contributed by atoms with Gasteiger partial charge in [0.05, 0.1) is 7.11 Å². The van der Waals surface area contributed by atoms with E-state index in [4.69, 9.17) is 4.74 Å². The molecule has 0 saturated carbocycles. The Morgan fingerprint density at radius 2 is 1.78 bits per heavy atom. The van der Waals surface area contributed by atoms with Crippen molar-refractivity contribution in [1.29, 1.82) is 0 Å². The Labute approximate surface area is 138 Å². The smallest absolute Gasteiger partial charge is 0.131 e. The maximum atomic E-state index is 14.4. The number of allylic oxidation sites excluding steroid dienone is 1. The Morgan fingerprint density at radius 3 is 2.35 bits per heavy atom. The van der Waals surface area contributed by atoms with Crippen molar-refractivity contribution in [3.8, 4) is 16.9 Å². The molecule has 2 aromatic rings. The average Bonchev–Trinajstić information content (AvgIpc) is 2.53. The number of methoxy groups -OCH3 is 1. The average molecular weight is 312 g/mol. The molecular formula is C21H25FO. The summed E-state index contributed by atoms with van der Waals surface area (Å²) in [5.74, 6) is 0.395. The van der Waals surface area contributed by atoms with Crippen LogP contribution in [0.4, 0.5) is 4.39 Å². The molecule has 0 N–H and O–H groups in total. The highest BCUT2D eigenvalue weighted by molar-refractivity contribution is 5.83. The second-order valence-electron chi connectivity index (χ2n) is 6.81. The molecule has 0 bridgehead atoms. The van der Waals surface area contributed by atoms with E-state index in [1.807, 2.05) is 12.1 Å². The van der Waals surface area contributed by atoms with Crippen LogP contribution in [0.25, 0.3) is 16.7 Å². The van der Waals surface area contributed by atoms with E-state index >= 15 is 0 Å². The molecule has 0 atom stereocenters. The largest absolute Gasteiger partial charge is 0.497 e. The number of hydrogen-bond acceptors (Lipinski definition) is 1. The predicted octanol–water partition coefficient (Wildman–Crippen LogP) is 6.12. The number of hydrogen-bond donors (Lipinski definition) is 0. The van der Waals surface area contributed by atoms with Crippen molar-refractivity contribution >= 4 is 5.57 Å². The van der Waals surface area contributed by atoms with Gasteiger partial charge in [0.15, 0.2) is 0 Å². The van der Waals surface area contributed by atoms with Gasteiger partial charge in [-0.1, -0.05) is 52.5 Å². The van der Waals surface area contributed by atoms with E-state index in [-0.39, 0.29) is 11.2 Å². The van der Waals surface area contributed by atoms with Crippen molar-refractivity contribution < 1.29 is 9.13 Å². The molecule has 0 aromatic heterocycles. The van der Waals surface area contributed by atoms with Crippen LogP contribution in [0.15, 0.2) is 43.0 Å². The van der Waals surface area contributed by atoms with Crippen LogP contribution in [0, 0.1) is 11.2 Å². The van der Waals surface area contributed by atoms with Crippen molar-refractivity contribution in [2.75, 3.05) is 7.11 Å². The van der Waals surface area contributed by atoms with E-state index in [9.17, 15) is 4.39 Å². The lowest BCUT2D eigenvalue weighted by Gasteiger charge is -2.25. The monoisotopic (exact) mass is 312 g/mol. The summed E-state index contributed by atoms with van der Waals surface area (Å²) in [6.45, 7) is 12.8. The van der Waals surface area contributed by atoms with Gasteiger partial charge < -0.3 is 4.74 Å². The molecule has 23 heavy (non-hydrogen) atoms. The standard InChI is InChI=1S/C21H25FO/c1-7-15-8-10-17(18(12-15)14(2)21(3,4)5)19-13-16(23-6)9-11-20(19)22/h8-13H,2,7H2,1,3-6H3. The Balaban J connectivity index is 2.70. The van der Waals surface area contributed by atoms with Crippen molar-refractivity contribution in [1.82, 2.24) is 0 Å². The molecule has 0 spiro atoms. The quantitative estimate of drug-likeness (QED) is 0.660. The molecular weight excluding hydrogens is 287 g/mol. The molecule has 0 aliphatic carbocycles. The highest BCUT2D eigenvalue weighted by Crippen LogP contribution is 2.40. The summed E-state index contributed by atoms with van der Waals surface area (Å²) in [6.07, 6.45) is 0.936. The predicted molar refractivity (Wildman–Crippen MR) is 96.3 cm³/mol. The van der Waals surface area contributed by atoms with E-state index in [1.165, 1.54) is 11.6 Å². The van der Waals surface area contributed by atoms with Crippen LogP contribution >= 0.6 is 0 Å². The van der Waals surface area contributed by atoms with Gasteiger partial charge in [0.1, 0.15) is 11.6 Å².